The smallest absolute Gasteiger partial charge is 0.318 e. The summed E-state index contributed by atoms with van der Waals surface area (Å²) in [5.74, 6) is -1.24. The first-order valence-corrected chi connectivity index (χ1v) is 6.00. The summed E-state index contributed by atoms with van der Waals surface area (Å²) in [4.78, 5) is 23.5. The van der Waals surface area contributed by atoms with Crippen LogP contribution in [0.1, 0.15) is 27.7 Å². The highest BCUT2D eigenvalue weighted by Gasteiger charge is 2.51. The van der Waals surface area contributed by atoms with E-state index in [1.807, 2.05) is 33.8 Å². The molecule has 0 aromatic rings. The second kappa shape index (κ2) is 4.13. The van der Waals surface area contributed by atoms with Crippen LogP contribution < -0.4 is 0 Å². The minimum absolute atomic E-state index is 0.000139. The second-order valence-corrected chi connectivity index (χ2v) is 5.31. The maximum atomic E-state index is 11.8. The van der Waals surface area contributed by atoms with E-state index in [-0.39, 0.29) is 35.6 Å². The van der Waals surface area contributed by atoms with Gasteiger partial charge >= 0.3 is 11.9 Å². The van der Waals surface area contributed by atoms with Gasteiger partial charge in [0.15, 0.2) is 0 Å². The van der Waals surface area contributed by atoms with Crippen LogP contribution in [0.15, 0.2) is 23.3 Å². The maximum absolute atomic E-state index is 11.8. The van der Waals surface area contributed by atoms with Crippen molar-refractivity contribution in [1.29, 1.82) is 0 Å². The zero-order chi connectivity index (χ0) is 12.7. The van der Waals surface area contributed by atoms with Gasteiger partial charge in [-0.25, -0.2) is 0 Å². The Morgan fingerprint density at radius 1 is 1.24 bits per heavy atom. The molecule has 3 nitrogen and oxygen atoms in total. The molecule has 4 atom stereocenters. The summed E-state index contributed by atoms with van der Waals surface area (Å²) in [7, 11) is 0. The number of hydrogen-bond acceptors (Lipinski definition) is 3. The molecule has 0 saturated carbocycles. The molecule has 0 amide bonds. The lowest BCUT2D eigenvalue weighted by atomic mass is 9.69. The minimum Gasteiger partial charge on any atom is -0.393 e. The molecular formula is C14H18O3. The minimum atomic E-state index is -0.363. The summed E-state index contributed by atoms with van der Waals surface area (Å²) < 4.78 is 4.80. The third-order valence-electron chi connectivity index (χ3n) is 3.79. The third kappa shape index (κ3) is 1.94. The molecule has 0 spiro atoms. The lowest BCUT2D eigenvalue weighted by molar-refractivity contribution is -0.154. The molecular weight excluding hydrogens is 216 g/mol. The van der Waals surface area contributed by atoms with E-state index in [1.165, 1.54) is 5.57 Å². The molecule has 1 aliphatic heterocycles. The van der Waals surface area contributed by atoms with Crippen molar-refractivity contribution in [1.82, 2.24) is 0 Å². The van der Waals surface area contributed by atoms with Crippen LogP contribution in [-0.2, 0) is 14.3 Å². The highest BCUT2D eigenvalue weighted by Crippen LogP contribution is 2.43. The van der Waals surface area contributed by atoms with Gasteiger partial charge in [0.2, 0.25) is 0 Å². The van der Waals surface area contributed by atoms with Gasteiger partial charge in [-0.3, -0.25) is 9.59 Å². The fraction of sp³-hybridized carbons (Fsp3) is 0.571. The topological polar surface area (TPSA) is 43.4 Å². The number of carbonyl (C=O) groups is 2. The normalized spacial score (nSPS) is 36.1. The van der Waals surface area contributed by atoms with Crippen LogP contribution >= 0.6 is 0 Å². The Hall–Kier alpha value is -1.38. The Morgan fingerprint density at radius 2 is 1.82 bits per heavy atom. The van der Waals surface area contributed by atoms with Gasteiger partial charge in [0.05, 0.1) is 11.8 Å². The van der Waals surface area contributed by atoms with Crippen molar-refractivity contribution in [2.75, 3.05) is 0 Å². The molecule has 1 heterocycles. The van der Waals surface area contributed by atoms with Gasteiger partial charge in [0, 0.05) is 5.92 Å². The molecule has 17 heavy (non-hydrogen) atoms. The molecule has 1 aliphatic carbocycles. The van der Waals surface area contributed by atoms with Crippen molar-refractivity contribution in [3.8, 4) is 0 Å². The molecule has 0 aromatic carbocycles. The number of carbonyl (C=O) groups excluding carboxylic acids is 2. The molecule has 2 rings (SSSR count). The molecule has 0 bridgehead atoms. The Morgan fingerprint density at radius 3 is 2.41 bits per heavy atom. The van der Waals surface area contributed by atoms with E-state index >= 15 is 0 Å². The van der Waals surface area contributed by atoms with E-state index in [9.17, 15) is 9.59 Å². The van der Waals surface area contributed by atoms with Crippen LogP contribution in [0.25, 0.3) is 0 Å². The fourth-order valence-electron chi connectivity index (χ4n) is 2.82. The van der Waals surface area contributed by atoms with Crippen LogP contribution in [0.2, 0.25) is 0 Å². The highest BCUT2D eigenvalue weighted by atomic mass is 16.6. The Balaban J connectivity index is 2.44. The molecule has 2 aliphatic rings. The van der Waals surface area contributed by atoms with Crippen LogP contribution in [0.4, 0.5) is 0 Å². The standard InChI is InChI=1S/C14H18O3/c1-7(2)5-10-6-8(3)9(4)11-12(10)14(16)17-13(11)15/h5-6,9-12H,1-4H3/t9-,10+,11+,12+/m0/s1. The molecule has 1 saturated heterocycles. The molecule has 3 heteroatoms. The average Bonchev–Trinajstić information content (AvgIpc) is 2.49. The Kier molecular flexibility index (Phi) is 2.94. The Labute approximate surface area is 102 Å². The van der Waals surface area contributed by atoms with Gasteiger partial charge in [-0.1, -0.05) is 30.2 Å². The summed E-state index contributed by atoms with van der Waals surface area (Å²) in [6.07, 6.45) is 4.14. The molecule has 0 N–H and O–H groups in total. The molecule has 0 aromatic heterocycles. The van der Waals surface area contributed by atoms with Crippen molar-refractivity contribution in [2.45, 2.75) is 27.7 Å². The molecule has 0 radical (unpaired) electrons. The van der Waals surface area contributed by atoms with Gasteiger partial charge in [0.25, 0.3) is 0 Å². The van der Waals surface area contributed by atoms with E-state index < -0.39 is 0 Å². The van der Waals surface area contributed by atoms with E-state index in [2.05, 4.69) is 6.08 Å². The molecule has 0 unspecified atom stereocenters. The molecule has 92 valence electrons. The first kappa shape index (κ1) is 12.1. The van der Waals surface area contributed by atoms with Crippen LogP contribution in [0.3, 0.4) is 0 Å². The van der Waals surface area contributed by atoms with E-state index in [1.54, 1.807) is 0 Å². The van der Waals surface area contributed by atoms with Gasteiger partial charge in [-0.15, -0.1) is 0 Å². The van der Waals surface area contributed by atoms with Gasteiger partial charge in [0.1, 0.15) is 0 Å². The summed E-state index contributed by atoms with van der Waals surface area (Å²) >= 11 is 0. The van der Waals surface area contributed by atoms with Gasteiger partial charge in [-0.05, 0) is 26.7 Å². The van der Waals surface area contributed by atoms with Crippen molar-refractivity contribution in [3.05, 3.63) is 23.3 Å². The highest BCUT2D eigenvalue weighted by molar-refractivity contribution is 5.97. The number of ether oxygens (including phenoxy) is 1. The zero-order valence-corrected chi connectivity index (χ0v) is 10.7. The number of allylic oxidation sites excluding steroid dienone is 4. The maximum Gasteiger partial charge on any atom is 0.318 e. The number of fused-ring (bicyclic) bond motifs is 1. The number of cyclic esters (lactones) is 2. The quantitative estimate of drug-likeness (QED) is 0.397. The zero-order valence-electron chi connectivity index (χ0n) is 10.7. The average molecular weight is 234 g/mol. The van der Waals surface area contributed by atoms with E-state index in [4.69, 9.17) is 4.74 Å². The van der Waals surface area contributed by atoms with Crippen molar-refractivity contribution in [3.63, 3.8) is 0 Å². The van der Waals surface area contributed by atoms with Crippen molar-refractivity contribution >= 4 is 11.9 Å². The molecule has 1 fully saturated rings. The van der Waals surface area contributed by atoms with Gasteiger partial charge in [-0.2, -0.15) is 0 Å². The van der Waals surface area contributed by atoms with Crippen molar-refractivity contribution in [2.24, 2.45) is 23.7 Å². The lowest BCUT2D eigenvalue weighted by Crippen LogP contribution is -2.33. The number of rotatable bonds is 1. The SMILES string of the molecule is CC(C)=C[C@@H]1C=C(C)[C@H](C)[C@H]2C(=O)OC(=O)[C@H]12. The lowest BCUT2D eigenvalue weighted by Gasteiger charge is -2.30. The predicted octanol–water partition coefficient (Wildman–Crippen LogP) is 2.48. The van der Waals surface area contributed by atoms with Crippen LogP contribution in [-0.4, -0.2) is 11.9 Å². The summed E-state index contributed by atoms with van der Waals surface area (Å²) in [5.41, 5.74) is 2.32. The predicted molar refractivity (Wildman–Crippen MR) is 63.9 cm³/mol. The van der Waals surface area contributed by atoms with E-state index in [0.717, 1.165) is 5.57 Å². The second-order valence-electron chi connectivity index (χ2n) is 5.31. The van der Waals surface area contributed by atoms with Crippen molar-refractivity contribution < 1.29 is 14.3 Å². The number of esters is 2. The third-order valence-corrected chi connectivity index (χ3v) is 3.79. The summed E-state index contributed by atoms with van der Waals surface area (Å²) in [6.45, 7) is 8.00. The monoisotopic (exact) mass is 234 g/mol. The Bertz CT molecular complexity index is 427. The van der Waals surface area contributed by atoms with Crippen LogP contribution in [0.5, 0.6) is 0 Å². The van der Waals surface area contributed by atoms with Crippen LogP contribution in [0, 0.1) is 23.7 Å². The fourth-order valence-corrected chi connectivity index (χ4v) is 2.82. The van der Waals surface area contributed by atoms with E-state index in [0.29, 0.717) is 0 Å². The number of hydrogen-bond donors (Lipinski definition) is 0. The summed E-state index contributed by atoms with van der Waals surface area (Å²) in [5, 5.41) is 0. The largest absolute Gasteiger partial charge is 0.393 e. The first-order chi connectivity index (χ1) is 7.91. The van der Waals surface area contributed by atoms with Gasteiger partial charge < -0.3 is 4.74 Å². The summed E-state index contributed by atoms with van der Waals surface area (Å²) in [6, 6.07) is 0. The first-order valence-electron chi connectivity index (χ1n) is 6.00.